The lowest BCUT2D eigenvalue weighted by atomic mass is 9.78. The topological polar surface area (TPSA) is 40.5 Å². The first-order valence-corrected chi connectivity index (χ1v) is 6.61. The molecule has 1 fully saturated rings. The van der Waals surface area contributed by atoms with E-state index in [1.165, 1.54) is 12.8 Å². The standard InChI is InChI=1S/C15H22O2/c1-11-3-2-4-13(9-11)15(17)10-12-5-7-14(16)8-6-12/h5-8,11,13,15-17H,2-4,9-10H2,1H3. The van der Waals surface area contributed by atoms with Crippen LogP contribution in [0.2, 0.25) is 0 Å². The summed E-state index contributed by atoms with van der Waals surface area (Å²) in [5.41, 5.74) is 1.11. The van der Waals surface area contributed by atoms with E-state index in [2.05, 4.69) is 6.92 Å². The summed E-state index contributed by atoms with van der Waals surface area (Å²) in [5, 5.41) is 19.5. The normalized spacial score (nSPS) is 26.7. The van der Waals surface area contributed by atoms with Crippen LogP contribution in [0, 0.1) is 11.8 Å². The van der Waals surface area contributed by atoms with Gasteiger partial charge in [-0.25, -0.2) is 0 Å². The van der Waals surface area contributed by atoms with Gasteiger partial charge in [0.25, 0.3) is 0 Å². The Kier molecular flexibility index (Phi) is 4.06. The third-order valence-electron chi connectivity index (χ3n) is 3.90. The zero-order chi connectivity index (χ0) is 12.3. The second kappa shape index (κ2) is 5.54. The monoisotopic (exact) mass is 234 g/mol. The minimum absolute atomic E-state index is 0.234. The number of aliphatic hydroxyl groups is 1. The quantitative estimate of drug-likeness (QED) is 0.843. The fourth-order valence-corrected chi connectivity index (χ4v) is 2.87. The summed E-state index contributed by atoms with van der Waals surface area (Å²) in [6.07, 6.45) is 5.34. The molecular formula is C15H22O2. The molecule has 0 radical (unpaired) electrons. The van der Waals surface area contributed by atoms with Crippen LogP contribution in [-0.2, 0) is 6.42 Å². The summed E-state index contributed by atoms with van der Waals surface area (Å²) < 4.78 is 0. The van der Waals surface area contributed by atoms with Gasteiger partial charge in [0.05, 0.1) is 6.10 Å². The Morgan fingerprint density at radius 2 is 1.94 bits per heavy atom. The number of benzene rings is 1. The predicted octanol–water partition coefficient (Wildman–Crippen LogP) is 3.12. The highest BCUT2D eigenvalue weighted by atomic mass is 16.3. The van der Waals surface area contributed by atoms with Crippen molar-refractivity contribution in [3.8, 4) is 5.75 Å². The molecule has 0 spiro atoms. The molecule has 2 N–H and O–H groups in total. The van der Waals surface area contributed by atoms with Crippen LogP contribution < -0.4 is 0 Å². The van der Waals surface area contributed by atoms with Crippen LogP contribution in [-0.4, -0.2) is 16.3 Å². The molecule has 3 unspecified atom stereocenters. The lowest BCUT2D eigenvalue weighted by molar-refractivity contribution is 0.0720. The van der Waals surface area contributed by atoms with E-state index in [9.17, 15) is 10.2 Å². The SMILES string of the molecule is CC1CCCC(C(O)Cc2ccc(O)cc2)C1. The molecular weight excluding hydrogens is 212 g/mol. The lowest BCUT2D eigenvalue weighted by Crippen LogP contribution is -2.27. The van der Waals surface area contributed by atoms with Crippen LogP contribution in [0.5, 0.6) is 5.75 Å². The molecule has 1 aliphatic carbocycles. The maximum Gasteiger partial charge on any atom is 0.115 e. The number of aromatic hydroxyl groups is 1. The van der Waals surface area contributed by atoms with Gasteiger partial charge in [-0.15, -0.1) is 0 Å². The number of hydrogen-bond acceptors (Lipinski definition) is 2. The summed E-state index contributed by atoms with van der Waals surface area (Å²) in [5.74, 6) is 1.49. The Bertz CT molecular complexity index is 344. The fourth-order valence-electron chi connectivity index (χ4n) is 2.87. The van der Waals surface area contributed by atoms with Crippen molar-refractivity contribution >= 4 is 0 Å². The van der Waals surface area contributed by atoms with E-state index < -0.39 is 0 Å². The van der Waals surface area contributed by atoms with Gasteiger partial charge < -0.3 is 10.2 Å². The molecule has 1 aromatic carbocycles. The van der Waals surface area contributed by atoms with Gasteiger partial charge in [0.2, 0.25) is 0 Å². The Morgan fingerprint density at radius 3 is 2.59 bits per heavy atom. The number of phenols is 1. The van der Waals surface area contributed by atoms with Gasteiger partial charge in [-0.2, -0.15) is 0 Å². The van der Waals surface area contributed by atoms with Crippen molar-refractivity contribution in [1.82, 2.24) is 0 Å². The Balaban J connectivity index is 1.91. The molecule has 2 rings (SSSR count). The molecule has 0 aliphatic heterocycles. The van der Waals surface area contributed by atoms with E-state index in [1.807, 2.05) is 12.1 Å². The molecule has 0 heterocycles. The summed E-state index contributed by atoms with van der Waals surface area (Å²) >= 11 is 0. The maximum absolute atomic E-state index is 10.3. The summed E-state index contributed by atoms with van der Waals surface area (Å²) in [7, 11) is 0. The maximum atomic E-state index is 10.3. The Hall–Kier alpha value is -1.02. The molecule has 2 heteroatoms. The van der Waals surface area contributed by atoms with Gasteiger partial charge in [-0.3, -0.25) is 0 Å². The highest BCUT2D eigenvalue weighted by Gasteiger charge is 2.25. The molecule has 94 valence electrons. The highest BCUT2D eigenvalue weighted by Crippen LogP contribution is 2.31. The van der Waals surface area contributed by atoms with Crippen LogP contribution in [0.25, 0.3) is 0 Å². The largest absolute Gasteiger partial charge is 0.508 e. The van der Waals surface area contributed by atoms with Crippen LogP contribution in [0.15, 0.2) is 24.3 Å². The molecule has 2 nitrogen and oxygen atoms in total. The van der Waals surface area contributed by atoms with E-state index in [-0.39, 0.29) is 11.9 Å². The predicted molar refractivity (Wildman–Crippen MR) is 68.9 cm³/mol. The van der Waals surface area contributed by atoms with Crippen molar-refractivity contribution < 1.29 is 10.2 Å². The van der Waals surface area contributed by atoms with Crippen LogP contribution in [0.3, 0.4) is 0 Å². The van der Waals surface area contributed by atoms with Crippen molar-refractivity contribution in [3.05, 3.63) is 29.8 Å². The molecule has 3 atom stereocenters. The van der Waals surface area contributed by atoms with Crippen LogP contribution >= 0.6 is 0 Å². The van der Waals surface area contributed by atoms with Crippen molar-refractivity contribution in [3.63, 3.8) is 0 Å². The van der Waals surface area contributed by atoms with E-state index in [1.54, 1.807) is 12.1 Å². The first-order valence-electron chi connectivity index (χ1n) is 6.61. The van der Waals surface area contributed by atoms with Crippen LogP contribution in [0.4, 0.5) is 0 Å². The second-order valence-electron chi connectivity index (χ2n) is 5.47. The van der Waals surface area contributed by atoms with E-state index in [4.69, 9.17) is 0 Å². The molecule has 0 saturated heterocycles. The van der Waals surface area contributed by atoms with Gasteiger partial charge in [0.15, 0.2) is 0 Å². The van der Waals surface area contributed by atoms with Crippen molar-refractivity contribution in [2.24, 2.45) is 11.8 Å². The Morgan fingerprint density at radius 1 is 1.24 bits per heavy atom. The first-order chi connectivity index (χ1) is 8.15. The number of hydrogen-bond donors (Lipinski definition) is 2. The molecule has 1 saturated carbocycles. The minimum Gasteiger partial charge on any atom is -0.508 e. The lowest BCUT2D eigenvalue weighted by Gasteiger charge is -2.30. The third-order valence-corrected chi connectivity index (χ3v) is 3.90. The summed E-state index contributed by atoms with van der Waals surface area (Å²) in [6, 6.07) is 7.16. The smallest absolute Gasteiger partial charge is 0.115 e. The molecule has 1 aliphatic rings. The van der Waals surface area contributed by atoms with Gasteiger partial charge in [-0.1, -0.05) is 31.9 Å². The molecule has 1 aromatic rings. The van der Waals surface area contributed by atoms with Gasteiger partial charge in [-0.05, 0) is 48.8 Å². The molecule has 17 heavy (non-hydrogen) atoms. The number of aliphatic hydroxyl groups excluding tert-OH is 1. The van der Waals surface area contributed by atoms with E-state index in [0.717, 1.165) is 24.3 Å². The zero-order valence-electron chi connectivity index (χ0n) is 10.5. The van der Waals surface area contributed by atoms with Crippen LogP contribution in [0.1, 0.15) is 38.2 Å². The molecule has 0 bridgehead atoms. The van der Waals surface area contributed by atoms with Gasteiger partial charge >= 0.3 is 0 Å². The van der Waals surface area contributed by atoms with Gasteiger partial charge in [0, 0.05) is 0 Å². The zero-order valence-corrected chi connectivity index (χ0v) is 10.5. The number of rotatable bonds is 3. The fraction of sp³-hybridized carbons (Fsp3) is 0.600. The summed E-state index contributed by atoms with van der Waals surface area (Å²) in [6.45, 7) is 2.28. The van der Waals surface area contributed by atoms with E-state index in [0.29, 0.717) is 12.3 Å². The average molecular weight is 234 g/mol. The summed E-state index contributed by atoms with van der Waals surface area (Å²) in [4.78, 5) is 0. The third kappa shape index (κ3) is 3.47. The van der Waals surface area contributed by atoms with Crippen molar-refractivity contribution in [1.29, 1.82) is 0 Å². The highest BCUT2D eigenvalue weighted by molar-refractivity contribution is 5.26. The minimum atomic E-state index is -0.234. The van der Waals surface area contributed by atoms with Crippen molar-refractivity contribution in [2.45, 2.75) is 45.1 Å². The van der Waals surface area contributed by atoms with Gasteiger partial charge in [0.1, 0.15) is 5.75 Å². The first kappa shape index (κ1) is 12.4. The molecule has 0 aromatic heterocycles. The average Bonchev–Trinajstić information content (AvgIpc) is 2.32. The van der Waals surface area contributed by atoms with E-state index >= 15 is 0 Å². The second-order valence-corrected chi connectivity index (χ2v) is 5.47. The molecule has 0 amide bonds. The number of phenolic OH excluding ortho intramolecular Hbond substituents is 1. The Labute approximate surface area is 103 Å². The van der Waals surface area contributed by atoms with Crippen molar-refractivity contribution in [2.75, 3.05) is 0 Å².